The van der Waals surface area contributed by atoms with Gasteiger partial charge >= 0.3 is 5.97 Å². The summed E-state index contributed by atoms with van der Waals surface area (Å²) in [5.74, 6) is -0.692. The van der Waals surface area contributed by atoms with Crippen LogP contribution < -0.4 is 5.32 Å². The second-order valence-electron chi connectivity index (χ2n) is 4.24. The summed E-state index contributed by atoms with van der Waals surface area (Å²) < 4.78 is 0. The number of nitrogens with zero attached hydrogens (tertiary/aromatic N) is 1. The van der Waals surface area contributed by atoms with Crippen LogP contribution in [0.25, 0.3) is 0 Å². The highest BCUT2D eigenvalue weighted by molar-refractivity contribution is 5.66. The molecule has 0 radical (unpaired) electrons. The summed E-state index contributed by atoms with van der Waals surface area (Å²) in [5.41, 5.74) is 0. The molecule has 1 aliphatic heterocycles. The van der Waals surface area contributed by atoms with E-state index in [1.54, 1.807) is 0 Å². The number of rotatable bonds is 5. The van der Waals surface area contributed by atoms with Crippen molar-refractivity contribution in [1.29, 1.82) is 0 Å². The first kappa shape index (κ1) is 12.5. The number of carbonyl (C=O) groups is 1. The monoisotopic (exact) mass is 214 g/mol. The van der Waals surface area contributed by atoms with Crippen molar-refractivity contribution in [1.82, 2.24) is 10.2 Å². The Labute approximate surface area is 91.6 Å². The van der Waals surface area contributed by atoms with E-state index in [0.29, 0.717) is 6.04 Å². The van der Waals surface area contributed by atoms with Gasteiger partial charge in [-0.2, -0.15) is 0 Å². The summed E-state index contributed by atoms with van der Waals surface area (Å²) in [6.07, 6.45) is 3.36. The number of hydrogen-bond acceptors (Lipinski definition) is 3. The van der Waals surface area contributed by atoms with E-state index in [4.69, 9.17) is 5.11 Å². The Bertz CT molecular complexity index is 197. The van der Waals surface area contributed by atoms with Gasteiger partial charge in [0.2, 0.25) is 0 Å². The minimum atomic E-state index is -0.692. The van der Waals surface area contributed by atoms with Crippen LogP contribution in [0.15, 0.2) is 0 Å². The molecule has 1 atom stereocenters. The molecule has 0 bridgehead atoms. The van der Waals surface area contributed by atoms with Crippen LogP contribution in [0.3, 0.4) is 0 Å². The molecule has 88 valence electrons. The van der Waals surface area contributed by atoms with Crippen LogP contribution in [-0.2, 0) is 4.79 Å². The molecule has 0 aromatic carbocycles. The van der Waals surface area contributed by atoms with Gasteiger partial charge in [0.15, 0.2) is 0 Å². The van der Waals surface area contributed by atoms with Crippen molar-refractivity contribution in [2.75, 3.05) is 26.2 Å². The normalized spacial score (nSPS) is 23.7. The van der Waals surface area contributed by atoms with Gasteiger partial charge in [-0.25, -0.2) is 0 Å². The number of carboxylic acid groups (broad SMARTS) is 1. The SMILES string of the molecule is CCCN1CCCNC(CCC(=O)O)C1. The maximum atomic E-state index is 10.5. The van der Waals surface area contributed by atoms with Gasteiger partial charge < -0.3 is 15.3 Å². The lowest BCUT2D eigenvalue weighted by Crippen LogP contribution is -2.38. The summed E-state index contributed by atoms with van der Waals surface area (Å²) in [7, 11) is 0. The number of aliphatic carboxylic acids is 1. The van der Waals surface area contributed by atoms with Crippen LogP contribution in [0.1, 0.15) is 32.6 Å². The van der Waals surface area contributed by atoms with Gasteiger partial charge in [-0.05, 0) is 38.9 Å². The van der Waals surface area contributed by atoms with Crippen molar-refractivity contribution in [3.05, 3.63) is 0 Å². The first-order chi connectivity index (χ1) is 7.22. The number of nitrogens with one attached hydrogen (secondary N) is 1. The van der Waals surface area contributed by atoms with Crippen LogP contribution in [0.2, 0.25) is 0 Å². The molecule has 1 saturated heterocycles. The molecule has 0 spiro atoms. The molecule has 2 N–H and O–H groups in total. The van der Waals surface area contributed by atoms with Crippen molar-refractivity contribution in [2.24, 2.45) is 0 Å². The average Bonchev–Trinajstić information content (AvgIpc) is 2.41. The molecule has 15 heavy (non-hydrogen) atoms. The number of hydrogen-bond donors (Lipinski definition) is 2. The predicted octanol–water partition coefficient (Wildman–Crippen LogP) is 0.925. The fourth-order valence-electron chi connectivity index (χ4n) is 2.09. The molecule has 1 fully saturated rings. The van der Waals surface area contributed by atoms with Crippen LogP contribution in [-0.4, -0.2) is 48.2 Å². The maximum absolute atomic E-state index is 10.5. The zero-order chi connectivity index (χ0) is 11.1. The Balaban J connectivity index is 2.31. The standard InChI is InChI=1S/C11H22N2O2/c1-2-7-13-8-3-6-12-10(9-13)4-5-11(14)15/h10,12H,2-9H2,1H3,(H,14,15). The smallest absolute Gasteiger partial charge is 0.303 e. The lowest BCUT2D eigenvalue weighted by atomic mass is 10.1. The minimum Gasteiger partial charge on any atom is -0.481 e. The zero-order valence-electron chi connectivity index (χ0n) is 9.54. The maximum Gasteiger partial charge on any atom is 0.303 e. The van der Waals surface area contributed by atoms with E-state index in [1.165, 1.54) is 12.8 Å². The molecule has 0 aromatic heterocycles. The molecule has 1 heterocycles. The van der Waals surface area contributed by atoms with E-state index in [0.717, 1.165) is 32.6 Å². The molecule has 0 saturated carbocycles. The molecule has 1 rings (SSSR count). The van der Waals surface area contributed by atoms with Gasteiger partial charge in [0.1, 0.15) is 0 Å². The molecule has 4 heteroatoms. The largest absolute Gasteiger partial charge is 0.481 e. The quantitative estimate of drug-likeness (QED) is 0.714. The Kier molecular flexibility index (Phi) is 5.65. The molecule has 0 amide bonds. The molecular formula is C11H22N2O2. The predicted molar refractivity (Wildman–Crippen MR) is 60.0 cm³/mol. The zero-order valence-corrected chi connectivity index (χ0v) is 9.54. The summed E-state index contributed by atoms with van der Waals surface area (Å²) in [6, 6.07) is 0.357. The van der Waals surface area contributed by atoms with Crippen LogP contribution in [0.4, 0.5) is 0 Å². The van der Waals surface area contributed by atoms with Gasteiger partial charge in [-0.15, -0.1) is 0 Å². The van der Waals surface area contributed by atoms with E-state index >= 15 is 0 Å². The highest BCUT2D eigenvalue weighted by Crippen LogP contribution is 2.06. The third-order valence-corrected chi connectivity index (χ3v) is 2.81. The molecule has 1 unspecified atom stereocenters. The van der Waals surface area contributed by atoms with Crippen LogP contribution >= 0.6 is 0 Å². The Hall–Kier alpha value is -0.610. The summed E-state index contributed by atoms with van der Waals surface area (Å²) in [4.78, 5) is 12.9. The fraction of sp³-hybridized carbons (Fsp3) is 0.909. The van der Waals surface area contributed by atoms with Crippen molar-refractivity contribution in [2.45, 2.75) is 38.6 Å². The first-order valence-corrected chi connectivity index (χ1v) is 5.90. The van der Waals surface area contributed by atoms with E-state index in [2.05, 4.69) is 17.1 Å². The number of carboxylic acids is 1. The Morgan fingerprint density at radius 2 is 2.40 bits per heavy atom. The third-order valence-electron chi connectivity index (χ3n) is 2.81. The highest BCUT2D eigenvalue weighted by atomic mass is 16.4. The van der Waals surface area contributed by atoms with Crippen molar-refractivity contribution in [3.63, 3.8) is 0 Å². The van der Waals surface area contributed by atoms with Gasteiger partial charge in [-0.3, -0.25) is 4.79 Å². The first-order valence-electron chi connectivity index (χ1n) is 5.90. The van der Waals surface area contributed by atoms with E-state index in [1.807, 2.05) is 0 Å². The van der Waals surface area contributed by atoms with Gasteiger partial charge in [0.25, 0.3) is 0 Å². The fourth-order valence-corrected chi connectivity index (χ4v) is 2.09. The lowest BCUT2D eigenvalue weighted by Gasteiger charge is -2.23. The van der Waals surface area contributed by atoms with E-state index in [9.17, 15) is 4.79 Å². The van der Waals surface area contributed by atoms with Crippen molar-refractivity contribution >= 4 is 5.97 Å². The van der Waals surface area contributed by atoms with E-state index in [-0.39, 0.29) is 6.42 Å². The molecule has 4 nitrogen and oxygen atoms in total. The highest BCUT2D eigenvalue weighted by Gasteiger charge is 2.17. The Morgan fingerprint density at radius 1 is 1.60 bits per heavy atom. The van der Waals surface area contributed by atoms with Crippen molar-refractivity contribution < 1.29 is 9.90 Å². The summed E-state index contributed by atoms with van der Waals surface area (Å²) in [5, 5.41) is 12.1. The Morgan fingerprint density at radius 3 is 3.07 bits per heavy atom. The molecule has 1 aliphatic rings. The van der Waals surface area contributed by atoms with Crippen molar-refractivity contribution in [3.8, 4) is 0 Å². The molecule has 0 aliphatic carbocycles. The summed E-state index contributed by atoms with van der Waals surface area (Å²) >= 11 is 0. The molecule has 0 aromatic rings. The van der Waals surface area contributed by atoms with Crippen LogP contribution in [0, 0.1) is 0 Å². The third kappa shape index (κ3) is 5.14. The molecular weight excluding hydrogens is 192 g/mol. The summed E-state index contributed by atoms with van der Waals surface area (Å²) in [6.45, 7) is 6.48. The second kappa shape index (κ2) is 6.80. The van der Waals surface area contributed by atoms with Gasteiger partial charge in [0.05, 0.1) is 0 Å². The van der Waals surface area contributed by atoms with Gasteiger partial charge in [-0.1, -0.05) is 6.92 Å². The van der Waals surface area contributed by atoms with Crippen LogP contribution in [0.5, 0.6) is 0 Å². The van der Waals surface area contributed by atoms with E-state index < -0.39 is 5.97 Å². The average molecular weight is 214 g/mol. The minimum absolute atomic E-state index is 0.275. The lowest BCUT2D eigenvalue weighted by molar-refractivity contribution is -0.137. The van der Waals surface area contributed by atoms with Gasteiger partial charge in [0, 0.05) is 19.0 Å². The second-order valence-corrected chi connectivity index (χ2v) is 4.24. The topological polar surface area (TPSA) is 52.6 Å².